The first kappa shape index (κ1) is 17.2. The minimum absolute atomic E-state index is 0.220. The summed E-state index contributed by atoms with van der Waals surface area (Å²) < 4.78 is 0. The third-order valence-corrected chi connectivity index (χ3v) is 4.11. The molecule has 0 spiro atoms. The molecule has 1 aliphatic rings. The molecule has 20 heavy (non-hydrogen) atoms. The Hall–Kier alpha value is -0.810. The van der Waals surface area contributed by atoms with Crippen LogP contribution in [0.1, 0.15) is 58.3 Å². The van der Waals surface area contributed by atoms with Crippen molar-refractivity contribution in [2.75, 3.05) is 13.1 Å². The maximum absolute atomic E-state index is 11.5. The van der Waals surface area contributed by atoms with Gasteiger partial charge in [-0.15, -0.1) is 0 Å². The van der Waals surface area contributed by atoms with Crippen LogP contribution in [0, 0.1) is 5.92 Å². The largest absolute Gasteiger partial charge is 0.390 e. The molecule has 0 radical (unpaired) electrons. The van der Waals surface area contributed by atoms with Crippen LogP contribution >= 0.6 is 0 Å². The monoisotopic (exact) mass is 285 g/mol. The third-order valence-electron chi connectivity index (χ3n) is 4.11. The molecular formula is C15H31N3O2. The molecule has 5 N–H and O–H groups in total. The highest BCUT2D eigenvalue weighted by atomic mass is 16.3. The molecule has 0 aromatic heterocycles. The Bertz CT molecular complexity index is 268. The normalized spacial score (nSPS) is 19.4. The fourth-order valence-electron chi connectivity index (χ4n) is 2.75. The van der Waals surface area contributed by atoms with Gasteiger partial charge in [0.2, 0.25) is 0 Å². The van der Waals surface area contributed by atoms with Gasteiger partial charge >= 0.3 is 6.03 Å². The Balaban J connectivity index is 2.13. The SMILES string of the molecule is CCCCNC(=O)NC[C@@H](O)[C@@H](N)CC1CCCCC1. The third kappa shape index (κ3) is 7.10. The van der Waals surface area contributed by atoms with Crippen LogP contribution in [0.3, 0.4) is 0 Å². The van der Waals surface area contributed by atoms with E-state index in [0.29, 0.717) is 12.5 Å². The molecule has 0 saturated heterocycles. The van der Waals surface area contributed by atoms with Gasteiger partial charge in [0.15, 0.2) is 0 Å². The van der Waals surface area contributed by atoms with E-state index in [-0.39, 0.29) is 18.6 Å². The molecule has 2 atom stereocenters. The lowest BCUT2D eigenvalue weighted by atomic mass is 9.84. The summed E-state index contributed by atoms with van der Waals surface area (Å²) in [6, 6.07) is -0.462. The van der Waals surface area contributed by atoms with Gasteiger partial charge in [0.05, 0.1) is 6.10 Å². The second-order valence-corrected chi connectivity index (χ2v) is 5.96. The number of nitrogens with two attached hydrogens (primary N) is 1. The first-order chi connectivity index (χ1) is 9.63. The topological polar surface area (TPSA) is 87.4 Å². The van der Waals surface area contributed by atoms with Crippen molar-refractivity contribution in [2.24, 2.45) is 11.7 Å². The average molecular weight is 285 g/mol. The molecule has 0 aromatic carbocycles. The quantitative estimate of drug-likeness (QED) is 0.512. The number of aliphatic hydroxyl groups excluding tert-OH is 1. The Morgan fingerprint density at radius 3 is 2.65 bits per heavy atom. The standard InChI is InChI=1S/C15H31N3O2/c1-2-3-9-17-15(20)18-11-14(19)13(16)10-12-7-5-4-6-8-12/h12-14,19H,2-11,16H2,1H3,(H2,17,18,20)/t13-,14+/m0/s1. The van der Waals surface area contributed by atoms with E-state index >= 15 is 0 Å². The smallest absolute Gasteiger partial charge is 0.314 e. The van der Waals surface area contributed by atoms with E-state index in [9.17, 15) is 9.90 Å². The van der Waals surface area contributed by atoms with Gasteiger partial charge in [-0.25, -0.2) is 4.79 Å². The molecule has 0 heterocycles. The maximum atomic E-state index is 11.5. The van der Waals surface area contributed by atoms with Crippen molar-refractivity contribution in [3.8, 4) is 0 Å². The number of aliphatic hydroxyl groups is 1. The fourth-order valence-corrected chi connectivity index (χ4v) is 2.75. The maximum Gasteiger partial charge on any atom is 0.314 e. The molecular weight excluding hydrogens is 254 g/mol. The lowest BCUT2D eigenvalue weighted by Gasteiger charge is -2.27. The number of carbonyl (C=O) groups is 1. The van der Waals surface area contributed by atoms with Gasteiger partial charge in [0.1, 0.15) is 0 Å². The Morgan fingerprint density at radius 1 is 1.30 bits per heavy atom. The molecule has 2 amide bonds. The highest BCUT2D eigenvalue weighted by molar-refractivity contribution is 5.73. The molecule has 0 bridgehead atoms. The van der Waals surface area contributed by atoms with E-state index in [1.54, 1.807) is 0 Å². The molecule has 0 aliphatic heterocycles. The van der Waals surface area contributed by atoms with Gasteiger partial charge in [-0.1, -0.05) is 45.4 Å². The van der Waals surface area contributed by atoms with Crippen molar-refractivity contribution in [3.63, 3.8) is 0 Å². The van der Waals surface area contributed by atoms with Crippen LogP contribution in [-0.4, -0.2) is 36.4 Å². The number of urea groups is 1. The number of hydrogen-bond donors (Lipinski definition) is 4. The van der Waals surface area contributed by atoms with Crippen molar-refractivity contribution in [3.05, 3.63) is 0 Å². The summed E-state index contributed by atoms with van der Waals surface area (Å²) in [5.74, 6) is 0.645. The summed E-state index contributed by atoms with van der Waals surface area (Å²) in [6.45, 7) is 2.98. The second kappa shape index (κ2) is 10.00. The van der Waals surface area contributed by atoms with Gasteiger partial charge in [0.25, 0.3) is 0 Å². The number of nitrogens with one attached hydrogen (secondary N) is 2. The predicted octanol–water partition coefficient (Wildman–Crippen LogP) is 1.74. The van der Waals surface area contributed by atoms with Crippen molar-refractivity contribution >= 4 is 6.03 Å². The summed E-state index contributed by atoms with van der Waals surface area (Å²) in [6.07, 6.45) is 8.57. The van der Waals surface area contributed by atoms with E-state index < -0.39 is 6.10 Å². The summed E-state index contributed by atoms with van der Waals surface area (Å²) in [5, 5.41) is 15.4. The molecule has 1 saturated carbocycles. The van der Waals surface area contributed by atoms with Crippen LogP contribution in [0.4, 0.5) is 4.79 Å². The molecule has 1 rings (SSSR count). The summed E-state index contributed by atoms with van der Waals surface area (Å²) in [5.41, 5.74) is 6.03. The first-order valence-corrected chi connectivity index (χ1v) is 8.08. The Morgan fingerprint density at radius 2 is 2.00 bits per heavy atom. The van der Waals surface area contributed by atoms with Gasteiger partial charge in [-0.05, 0) is 18.8 Å². The predicted molar refractivity (Wildman–Crippen MR) is 81.5 cm³/mol. The highest BCUT2D eigenvalue weighted by Crippen LogP contribution is 2.27. The molecule has 1 aliphatic carbocycles. The molecule has 5 nitrogen and oxygen atoms in total. The van der Waals surface area contributed by atoms with Gasteiger partial charge in [-0.2, -0.15) is 0 Å². The van der Waals surface area contributed by atoms with Crippen LogP contribution < -0.4 is 16.4 Å². The van der Waals surface area contributed by atoms with Crippen molar-refractivity contribution in [2.45, 2.75) is 70.4 Å². The van der Waals surface area contributed by atoms with Crippen LogP contribution in [0.2, 0.25) is 0 Å². The average Bonchev–Trinajstić information content (AvgIpc) is 2.46. The Kier molecular flexibility index (Phi) is 8.62. The second-order valence-electron chi connectivity index (χ2n) is 5.96. The highest BCUT2D eigenvalue weighted by Gasteiger charge is 2.21. The lowest BCUT2D eigenvalue weighted by molar-refractivity contribution is 0.126. The van der Waals surface area contributed by atoms with Crippen LogP contribution in [0.25, 0.3) is 0 Å². The number of carbonyl (C=O) groups excluding carboxylic acids is 1. The summed E-state index contributed by atoms with van der Waals surface area (Å²) in [4.78, 5) is 11.5. The minimum atomic E-state index is -0.658. The fraction of sp³-hybridized carbons (Fsp3) is 0.933. The lowest BCUT2D eigenvalue weighted by Crippen LogP contribution is -2.47. The van der Waals surface area contributed by atoms with E-state index in [0.717, 1.165) is 19.3 Å². The summed E-state index contributed by atoms with van der Waals surface area (Å²) >= 11 is 0. The zero-order chi connectivity index (χ0) is 14.8. The molecule has 1 fully saturated rings. The molecule has 0 aromatic rings. The van der Waals surface area contributed by atoms with E-state index in [1.807, 2.05) is 0 Å². The zero-order valence-corrected chi connectivity index (χ0v) is 12.7. The number of unbranched alkanes of at least 4 members (excludes halogenated alkanes) is 1. The van der Waals surface area contributed by atoms with E-state index in [4.69, 9.17) is 5.73 Å². The number of amides is 2. The number of hydrogen-bond acceptors (Lipinski definition) is 3. The van der Waals surface area contributed by atoms with E-state index in [1.165, 1.54) is 32.1 Å². The van der Waals surface area contributed by atoms with Crippen molar-refractivity contribution < 1.29 is 9.90 Å². The van der Waals surface area contributed by atoms with E-state index in [2.05, 4.69) is 17.6 Å². The molecule has 118 valence electrons. The summed E-state index contributed by atoms with van der Waals surface area (Å²) in [7, 11) is 0. The van der Waals surface area contributed by atoms with Gasteiger partial charge in [-0.3, -0.25) is 0 Å². The van der Waals surface area contributed by atoms with Crippen LogP contribution in [-0.2, 0) is 0 Å². The Labute approximate surface area is 122 Å². The van der Waals surface area contributed by atoms with Gasteiger partial charge in [0, 0.05) is 19.1 Å². The van der Waals surface area contributed by atoms with Crippen molar-refractivity contribution in [1.82, 2.24) is 10.6 Å². The van der Waals surface area contributed by atoms with Crippen molar-refractivity contribution in [1.29, 1.82) is 0 Å². The molecule has 5 heteroatoms. The minimum Gasteiger partial charge on any atom is -0.390 e. The van der Waals surface area contributed by atoms with Crippen LogP contribution in [0.5, 0.6) is 0 Å². The van der Waals surface area contributed by atoms with Crippen LogP contribution in [0.15, 0.2) is 0 Å². The van der Waals surface area contributed by atoms with Gasteiger partial charge < -0.3 is 21.5 Å². The first-order valence-electron chi connectivity index (χ1n) is 8.08. The number of rotatable bonds is 8. The molecule has 0 unspecified atom stereocenters. The zero-order valence-electron chi connectivity index (χ0n) is 12.7.